The summed E-state index contributed by atoms with van der Waals surface area (Å²) in [4.78, 5) is 42.9. The predicted octanol–water partition coefficient (Wildman–Crippen LogP) is -3.00. The molecule has 0 aromatic carbocycles. The van der Waals surface area contributed by atoms with Crippen molar-refractivity contribution < 1.29 is 77.5 Å². The van der Waals surface area contributed by atoms with E-state index in [4.69, 9.17) is 39.6 Å². The smallest absolute Gasteiger partial charge is 0.424 e. The van der Waals surface area contributed by atoms with Crippen LogP contribution in [0.4, 0.5) is 37.3 Å². The molecule has 0 N–H and O–H groups in total. The van der Waals surface area contributed by atoms with Gasteiger partial charge in [-0.25, -0.2) is 0 Å². The van der Waals surface area contributed by atoms with Crippen LogP contribution < -0.4 is 20.4 Å². The van der Waals surface area contributed by atoms with Crippen molar-refractivity contribution in [1.29, 1.82) is 0 Å². The zero-order valence-corrected chi connectivity index (χ0v) is 8.91. The van der Waals surface area contributed by atoms with Crippen molar-refractivity contribution in [1.82, 2.24) is 0 Å². The molecule has 0 saturated heterocycles. The first-order valence-corrected chi connectivity index (χ1v) is 3.07. The number of carbonyl (C=O) groups is 4. The third-order valence-electron chi connectivity index (χ3n) is 0.252. The molecule has 120 valence electrons. The van der Waals surface area contributed by atoms with Gasteiger partial charge < -0.3 is 59.4 Å². The maximum atomic E-state index is 9.95. The molecule has 0 amide bonds. The van der Waals surface area contributed by atoms with Gasteiger partial charge in [-0.15, -0.1) is 0 Å². The molecule has 0 saturated carbocycles. The normalized spacial score (nSPS) is 6.29. The Morgan fingerprint density at radius 2 is 0.571 bits per heavy atom. The third kappa shape index (κ3) is 160. The first-order valence-electron chi connectivity index (χ1n) is 3.07. The maximum Gasteiger partial charge on any atom is 4.00 e. The van der Waals surface area contributed by atoms with Crippen molar-refractivity contribution in [3.63, 3.8) is 0 Å². The van der Waals surface area contributed by atoms with Crippen LogP contribution in [-0.2, 0) is 19.8 Å². The van der Waals surface area contributed by atoms with Gasteiger partial charge in [-0.2, -0.15) is 0 Å². The molecule has 0 atom stereocenters. The van der Waals surface area contributed by atoms with E-state index in [0.717, 1.165) is 0 Å². The van der Waals surface area contributed by atoms with Gasteiger partial charge in [-0.1, -0.05) is 18.1 Å². The van der Waals surface area contributed by atoms with E-state index in [1.165, 1.54) is 0 Å². The molecule has 0 aromatic heterocycles. The van der Waals surface area contributed by atoms with Crippen molar-refractivity contribution in [3.8, 4) is 0 Å². The average molecular weight is 328 g/mol. The number of carbonyl (C=O) groups excluding carboxylic acids is 4. The van der Waals surface area contributed by atoms with Crippen LogP contribution in [0.5, 0.6) is 0 Å². The summed E-state index contributed by atoms with van der Waals surface area (Å²) in [7, 11) is 0. The van der Waals surface area contributed by atoms with E-state index in [2.05, 4.69) is 19.8 Å². The number of carboxylic acid groups (broad SMARTS) is 4. The second kappa shape index (κ2) is 25.6. The molecule has 0 rings (SSSR count). The topological polar surface area (TPSA) is 197 Å². The van der Waals surface area contributed by atoms with Gasteiger partial charge in [0.15, 0.2) is 0 Å². The van der Waals surface area contributed by atoms with Crippen molar-refractivity contribution in [2.45, 2.75) is 0 Å². The molecule has 0 unspecified atom stereocenters. The summed E-state index contributed by atoms with van der Waals surface area (Å²) >= 11 is 0. The van der Waals surface area contributed by atoms with Crippen LogP contribution in [0.15, 0.2) is 0 Å². The molecule has 0 heterocycles. The molecule has 0 aliphatic carbocycles. The molecular weight excluding hydrogens is 328 g/mol. The zero-order valence-electron chi connectivity index (χ0n) is 8.91. The second-order valence-corrected chi connectivity index (χ2v) is 1.31. The molecule has 0 aliphatic heterocycles. The fourth-order valence-electron chi connectivity index (χ4n) is 0. The molecule has 0 radical (unpaired) electrons. The van der Waals surface area contributed by atoms with Crippen molar-refractivity contribution >= 4 is 24.6 Å². The van der Waals surface area contributed by atoms with Crippen LogP contribution in [0.3, 0.4) is 0 Å². The summed E-state index contributed by atoms with van der Waals surface area (Å²) in [6.45, 7) is 0. The minimum Gasteiger partial charge on any atom is -0.424 e. The van der Waals surface area contributed by atoms with Gasteiger partial charge in [-0.05, 0) is 0 Å². The van der Waals surface area contributed by atoms with E-state index in [-0.39, 0.29) is 7.43 Å². The Morgan fingerprint density at radius 3 is 0.571 bits per heavy atom. The van der Waals surface area contributed by atoms with Gasteiger partial charge in [0.05, 0.1) is 0 Å². The Morgan fingerprint density at radius 1 is 0.524 bits per heavy atom. The molecule has 0 fully saturated rings. The summed E-state index contributed by atoms with van der Waals surface area (Å²) < 4.78 is 39.8. The van der Waals surface area contributed by atoms with Crippen LogP contribution >= 0.6 is 0 Å². The summed E-state index contributed by atoms with van der Waals surface area (Å²) in [5.74, 6) is 0. The number of hydrogen-bond donors (Lipinski definition) is 0. The second-order valence-electron chi connectivity index (χ2n) is 1.31. The van der Waals surface area contributed by atoms with E-state index in [9.17, 15) is 18.1 Å². The van der Waals surface area contributed by atoms with Gasteiger partial charge >= 0.3 is 7.43 Å². The summed E-state index contributed by atoms with van der Waals surface area (Å²) in [6, 6.07) is 0. The van der Waals surface area contributed by atoms with Crippen LogP contribution in [0, 0.1) is 7.43 Å². The first kappa shape index (κ1) is 30.7. The molecule has 12 nitrogen and oxygen atoms in total. The Kier molecular flexibility index (Phi) is 37.4. The molecular formula is C5F4O12. The van der Waals surface area contributed by atoms with Crippen molar-refractivity contribution in [3.05, 3.63) is 7.43 Å². The molecule has 0 spiro atoms. The van der Waals surface area contributed by atoms with Crippen LogP contribution in [0.25, 0.3) is 0 Å². The Bertz CT molecular complexity index is 227. The number of halogens is 4. The van der Waals surface area contributed by atoms with Crippen LogP contribution in [0.2, 0.25) is 0 Å². The summed E-state index contributed by atoms with van der Waals surface area (Å²) in [5, 5.41) is 34.6. The van der Waals surface area contributed by atoms with Crippen LogP contribution in [-0.4, -0.2) is 24.6 Å². The molecule has 16 heteroatoms. The molecule has 0 aromatic rings. The summed E-state index contributed by atoms with van der Waals surface area (Å²) in [6.07, 6.45) is -8.65. The van der Waals surface area contributed by atoms with Gasteiger partial charge in [-0.3, -0.25) is 0 Å². The molecule has 21 heavy (non-hydrogen) atoms. The maximum absolute atomic E-state index is 9.95. The average Bonchev–Trinajstić information content (AvgIpc) is 2.40. The van der Waals surface area contributed by atoms with Crippen molar-refractivity contribution in [2.75, 3.05) is 0 Å². The van der Waals surface area contributed by atoms with Gasteiger partial charge in [0.25, 0.3) is 24.6 Å². The van der Waals surface area contributed by atoms with E-state index >= 15 is 0 Å². The first-order chi connectivity index (χ1) is 9.08. The fraction of sp³-hybridized carbons (Fsp3) is 0. The molecule has 0 aliphatic rings. The molecule has 0 bridgehead atoms. The third-order valence-corrected chi connectivity index (χ3v) is 0.252. The standard InChI is InChI=1S/4CHFO3.C/c4*2-5-1(3)4;/h4*(H,3,4);/q;;;;+4/p-4. The van der Waals surface area contributed by atoms with Crippen LogP contribution in [0.1, 0.15) is 0 Å². The minimum atomic E-state index is -2.16. The quantitative estimate of drug-likeness (QED) is 0.409. The van der Waals surface area contributed by atoms with Gasteiger partial charge in [0.2, 0.25) is 0 Å². The largest absolute Gasteiger partial charge is 4.00 e. The van der Waals surface area contributed by atoms with Gasteiger partial charge in [0, 0.05) is 0 Å². The fourth-order valence-corrected chi connectivity index (χ4v) is 0. The number of rotatable bonds is 0. The van der Waals surface area contributed by atoms with E-state index < -0.39 is 24.6 Å². The SMILES string of the molecule is O=C([O-])OF.O=C([O-])OF.O=C([O-])OF.O=C([O-])OF.[C+4]. The zero-order chi connectivity index (χ0) is 17.1. The van der Waals surface area contributed by atoms with Gasteiger partial charge in [0.1, 0.15) is 0 Å². The van der Waals surface area contributed by atoms with E-state index in [0.29, 0.717) is 0 Å². The number of hydrogen-bond acceptors (Lipinski definition) is 12. The Hall–Kier alpha value is -3.20. The predicted molar refractivity (Wildman–Crippen MR) is 33.6 cm³/mol. The summed E-state index contributed by atoms with van der Waals surface area (Å²) in [5.41, 5.74) is 0. The Balaban J connectivity index is -0.0000000533. The van der Waals surface area contributed by atoms with E-state index in [1.807, 2.05) is 0 Å². The van der Waals surface area contributed by atoms with E-state index in [1.54, 1.807) is 0 Å². The minimum absolute atomic E-state index is 0. The van der Waals surface area contributed by atoms with Crippen molar-refractivity contribution in [2.24, 2.45) is 0 Å². The Labute approximate surface area is 111 Å². The monoisotopic (exact) mass is 328 g/mol.